The van der Waals surface area contributed by atoms with E-state index >= 15 is 0 Å². The summed E-state index contributed by atoms with van der Waals surface area (Å²) in [5.74, 6) is 0. The van der Waals surface area contributed by atoms with Crippen LogP contribution in [-0.2, 0) is 6.42 Å². The van der Waals surface area contributed by atoms with Crippen molar-refractivity contribution in [3.63, 3.8) is 0 Å². The van der Waals surface area contributed by atoms with Crippen molar-refractivity contribution in [3.05, 3.63) is 59.2 Å². The highest BCUT2D eigenvalue weighted by Crippen LogP contribution is 2.14. The minimum Gasteiger partial charge on any atom is -0.399 e. The lowest BCUT2D eigenvalue weighted by Crippen LogP contribution is -2.05. The molecule has 0 saturated carbocycles. The maximum absolute atomic E-state index is 5.66. The SMILES string of the molecule is Cc1cc(C)cc(NCCc2ccc(N)cc2)c1. The quantitative estimate of drug-likeness (QED) is 0.802. The first-order valence-electron chi connectivity index (χ1n) is 6.30. The summed E-state index contributed by atoms with van der Waals surface area (Å²) in [6.45, 7) is 5.18. The number of hydrogen-bond acceptors (Lipinski definition) is 2. The third-order valence-corrected chi connectivity index (χ3v) is 2.94. The average molecular weight is 240 g/mol. The van der Waals surface area contributed by atoms with E-state index in [1.807, 2.05) is 12.1 Å². The Kier molecular flexibility index (Phi) is 3.88. The van der Waals surface area contributed by atoms with Gasteiger partial charge in [0.05, 0.1) is 0 Å². The second-order valence-corrected chi connectivity index (χ2v) is 4.79. The molecule has 94 valence electrons. The molecular formula is C16H20N2. The van der Waals surface area contributed by atoms with E-state index in [2.05, 4.69) is 49.5 Å². The lowest BCUT2D eigenvalue weighted by atomic mass is 10.1. The minimum atomic E-state index is 0.820. The summed E-state index contributed by atoms with van der Waals surface area (Å²) in [6.07, 6.45) is 1.01. The van der Waals surface area contributed by atoms with Crippen LogP contribution in [0.3, 0.4) is 0 Å². The highest BCUT2D eigenvalue weighted by Gasteiger charge is 1.96. The zero-order valence-electron chi connectivity index (χ0n) is 11.0. The van der Waals surface area contributed by atoms with Crippen LogP contribution < -0.4 is 11.1 Å². The van der Waals surface area contributed by atoms with E-state index in [0.29, 0.717) is 0 Å². The van der Waals surface area contributed by atoms with Gasteiger partial charge >= 0.3 is 0 Å². The smallest absolute Gasteiger partial charge is 0.0345 e. The molecule has 0 spiro atoms. The van der Waals surface area contributed by atoms with Gasteiger partial charge in [0.2, 0.25) is 0 Å². The number of nitrogens with one attached hydrogen (secondary N) is 1. The zero-order chi connectivity index (χ0) is 13.0. The second-order valence-electron chi connectivity index (χ2n) is 4.79. The third kappa shape index (κ3) is 3.52. The fourth-order valence-electron chi connectivity index (χ4n) is 2.11. The summed E-state index contributed by atoms with van der Waals surface area (Å²) in [4.78, 5) is 0. The molecule has 2 heteroatoms. The van der Waals surface area contributed by atoms with Gasteiger partial charge in [-0.05, 0) is 61.2 Å². The van der Waals surface area contributed by atoms with Gasteiger partial charge < -0.3 is 11.1 Å². The van der Waals surface area contributed by atoms with E-state index in [4.69, 9.17) is 5.73 Å². The molecule has 0 amide bonds. The number of aryl methyl sites for hydroxylation is 2. The van der Waals surface area contributed by atoms with E-state index in [0.717, 1.165) is 18.7 Å². The summed E-state index contributed by atoms with van der Waals surface area (Å²) in [5, 5.41) is 3.46. The zero-order valence-corrected chi connectivity index (χ0v) is 11.0. The number of anilines is 2. The molecule has 0 bridgehead atoms. The molecule has 0 unspecified atom stereocenters. The molecule has 0 atom stereocenters. The largest absolute Gasteiger partial charge is 0.399 e. The van der Waals surface area contributed by atoms with Crippen molar-refractivity contribution in [2.75, 3.05) is 17.6 Å². The maximum Gasteiger partial charge on any atom is 0.0345 e. The summed E-state index contributed by atoms with van der Waals surface area (Å²) in [6, 6.07) is 14.6. The number of nitrogens with two attached hydrogens (primary N) is 1. The molecule has 0 radical (unpaired) electrons. The van der Waals surface area contributed by atoms with Gasteiger partial charge in [-0.1, -0.05) is 18.2 Å². The van der Waals surface area contributed by atoms with Crippen molar-refractivity contribution >= 4 is 11.4 Å². The topological polar surface area (TPSA) is 38.0 Å². The molecule has 2 aromatic carbocycles. The minimum absolute atomic E-state index is 0.820. The molecule has 3 N–H and O–H groups in total. The van der Waals surface area contributed by atoms with Crippen LogP contribution in [0, 0.1) is 13.8 Å². The molecule has 2 aromatic rings. The van der Waals surface area contributed by atoms with Crippen LogP contribution in [0.15, 0.2) is 42.5 Å². The standard InChI is InChI=1S/C16H20N2/c1-12-9-13(2)11-16(10-12)18-8-7-14-3-5-15(17)6-4-14/h3-6,9-11,18H,7-8,17H2,1-2H3. The number of benzene rings is 2. The lowest BCUT2D eigenvalue weighted by Gasteiger charge is -2.09. The average Bonchev–Trinajstić information content (AvgIpc) is 2.30. The Bertz CT molecular complexity index is 495. The van der Waals surface area contributed by atoms with Gasteiger partial charge in [-0.15, -0.1) is 0 Å². The third-order valence-electron chi connectivity index (χ3n) is 2.94. The fourth-order valence-corrected chi connectivity index (χ4v) is 2.11. The van der Waals surface area contributed by atoms with Gasteiger partial charge in [0.1, 0.15) is 0 Å². The van der Waals surface area contributed by atoms with Gasteiger partial charge in [0, 0.05) is 17.9 Å². The lowest BCUT2D eigenvalue weighted by molar-refractivity contribution is 1.02. The summed E-state index contributed by atoms with van der Waals surface area (Å²) >= 11 is 0. The molecule has 0 heterocycles. The fraction of sp³-hybridized carbons (Fsp3) is 0.250. The molecule has 0 aliphatic rings. The Morgan fingerprint density at radius 2 is 1.56 bits per heavy atom. The van der Waals surface area contributed by atoms with Crippen LogP contribution >= 0.6 is 0 Å². The van der Waals surface area contributed by atoms with Crippen LogP contribution in [0.5, 0.6) is 0 Å². The van der Waals surface area contributed by atoms with Crippen molar-refractivity contribution in [3.8, 4) is 0 Å². The molecule has 0 aliphatic heterocycles. The summed E-state index contributed by atoms with van der Waals surface area (Å²) < 4.78 is 0. The summed E-state index contributed by atoms with van der Waals surface area (Å²) in [7, 11) is 0. The van der Waals surface area contributed by atoms with Crippen LogP contribution in [0.1, 0.15) is 16.7 Å². The van der Waals surface area contributed by atoms with Gasteiger partial charge in [0.15, 0.2) is 0 Å². The first-order chi connectivity index (χ1) is 8.63. The number of hydrogen-bond donors (Lipinski definition) is 2. The molecule has 2 nitrogen and oxygen atoms in total. The first kappa shape index (κ1) is 12.5. The van der Waals surface area contributed by atoms with Crippen molar-refractivity contribution < 1.29 is 0 Å². The van der Waals surface area contributed by atoms with Crippen molar-refractivity contribution in [1.29, 1.82) is 0 Å². The Balaban J connectivity index is 1.90. The Hall–Kier alpha value is -1.96. The van der Waals surface area contributed by atoms with Crippen molar-refractivity contribution in [2.45, 2.75) is 20.3 Å². The number of rotatable bonds is 4. The predicted octanol–water partition coefficient (Wildman–Crippen LogP) is 3.54. The number of nitrogen functional groups attached to an aromatic ring is 1. The van der Waals surface area contributed by atoms with Crippen LogP contribution in [0.25, 0.3) is 0 Å². The Labute approximate surface area is 109 Å². The Morgan fingerprint density at radius 1 is 0.944 bits per heavy atom. The molecule has 2 rings (SSSR count). The molecule has 0 aromatic heterocycles. The maximum atomic E-state index is 5.66. The van der Waals surface area contributed by atoms with E-state index in [9.17, 15) is 0 Å². The monoisotopic (exact) mass is 240 g/mol. The van der Waals surface area contributed by atoms with Crippen LogP contribution in [0.4, 0.5) is 11.4 Å². The van der Waals surface area contributed by atoms with Gasteiger partial charge in [-0.3, -0.25) is 0 Å². The van der Waals surface area contributed by atoms with E-state index in [-0.39, 0.29) is 0 Å². The summed E-state index contributed by atoms with van der Waals surface area (Å²) in [5.41, 5.74) is 11.6. The molecule has 0 fully saturated rings. The van der Waals surface area contributed by atoms with Crippen LogP contribution in [0.2, 0.25) is 0 Å². The van der Waals surface area contributed by atoms with Gasteiger partial charge in [-0.25, -0.2) is 0 Å². The molecule has 18 heavy (non-hydrogen) atoms. The van der Waals surface area contributed by atoms with Crippen molar-refractivity contribution in [2.24, 2.45) is 0 Å². The van der Waals surface area contributed by atoms with E-state index < -0.39 is 0 Å². The van der Waals surface area contributed by atoms with Gasteiger partial charge in [0.25, 0.3) is 0 Å². The normalized spacial score (nSPS) is 10.3. The van der Waals surface area contributed by atoms with E-state index in [1.54, 1.807) is 0 Å². The molecule has 0 aliphatic carbocycles. The van der Waals surface area contributed by atoms with E-state index in [1.165, 1.54) is 22.4 Å². The Morgan fingerprint density at radius 3 is 2.17 bits per heavy atom. The highest BCUT2D eigenvalue weighted by molar-refractivity contribution is 5.48. The predicted molar refractivity (Wildman–Crippen MR) is 79.0 cm³/mol. The highest BCUT2D eigenvalue weighted by atomic mass is 14.9. The van der Waals surface area contributed by atoms with Crippen LogP contribution in [-0.4, -0.2) is 6.54 Å². The molecule has 0 saturated heterocycles. The second kappa shape index (κ2) is 5.58. The molecular weight excluding hydrogens is 220 g/mol. The van der Waals surface area contributed by atoms with Crippen molar-refractivity contribution in [1.82, 2.24) is 0 Å². The first-order valence-corrected chi connectivity index (χ1v) is 6.30. The van der Waals surface area contributed by atoms with Gasteiger partial charge in [-0.2, -0.15) is 0 Å².